The normalized spacial score (nSPS) is 30.7. The van der Waals surface area contributed by atoms with Gasteiger partial charge in [0, 0.05) is 0 Å². The van der Waals surface area contributed by atoms with Crippen molar-refractivity contribution in [1.82, 2.24) is 5.32 Å². The van der Waals surface area contributed by atoms with Crippen LogP contribution in [0, 0.1) is 0 Å². The van der Waals surface area contributed by atoms with E-state index in [-0.39, 0.29) is 0 Å². The van der Waals surface area contributed by atoms with E-state index < -0.39 is 0 Å². The molecule has 7 heavy (non-hydrogen) atoms. The fourth-order valence-electron chi connectivity index (χ4n) is 0.401. The zero-order valence-electron chi connectivity index (χ0n) is 4.22. The second-order valence-electron chi connectivity index (χ2n) is 1.43. The molecule has 0 aromatic carbocycles. The Labute approximate surface area is 47.4 Å². The standard InChI is InChI=1S/C4H8N2S/c1-4-6-2-5-3-7-4/h3-4,6H,2H2,1H3. The van der Waals surface area contributed by atoms with Crippen molar-refractivity contribution in [2.75, 3.05) is 6.67 Å². The summed E-state index contributed by atoms with van der Waals surface area (Å²) in [5, 5.41) is 3.70. The van der Waals surface area contributed by atoms with Gasteiger partial charge in [-0.15, -0.1) is 0 Å². The lowest BCUT2D eigenvalue weighted by molar-refractivity contribution is 0.702. The maximum atomic E-state index is 3.95. The van der Waals surface area contributed by atoms with Crippen LogP contribution < -0.4 is 5.32 Å². The molecule has 0 amide bonds. The highest BCUT2D eigenvalue weighted by atomic mass is 32.2. The Balaban J connectivity index is 2.32. The Morgan fingerprint density at radius 3 is 3.14 bits per heavy atom. The molecule has 2 nitrogen and oxygen atoms in total. The third kappa shape index (κ3) is 1.49. The van der Waals surface area contributed by atoms with Gasteiger partial charge in [0.05, 0.1) is 17.6 Å². The van der Waals surface area contributed by atoms with Gasteiger partial charge in [0.25, 0.3) is 0 Å². The molecule has 3 heteroatoms. The molecule has 1 aliphatic heterocycles. The summed E-state index contributed by atoms with van der Waals surface area (Å²) < 4.78 is 0. The van der Waals surface area contributed by atoms with Gasteiger partial charge in [-0.05, 0) is 6.92 Å². The Hall–Kier alpha value is -0.0200. The maximum Gasteiger partial charge on any atom is 0.0899 e. The first-order valence-electron chi connectivity index (χ1n) is 2.27. The molecule has 1 unspecified atom stereocenters. The number of rotatable bonds is 0. The summed E-state index contributed by atoms with van der Waals surface area (Å²) in [7, 11) is 0. The monoisotopic (exact) mass is 116 g/mol. The summed E-state index contributed by atoms with van der Waals surface area (Å²) in [6.07, 6.45) is 0. The van der Waals surface area contributed by atoms with Crippen LogP contribution in [0.15, 0.2) is 4.99 Å². The van der Waals surface area contributed by atoms with Gasteiger partial charge in [-0.25, -0.2) is 0 Å². The molecule has 0 aliphatic carbocycles. The van der Waals surface area contributed by atoms with E-state index in [2.05, 4.69) is 17.2 Å². The molecule has 1 N–H and O–H groups in total. The van der Waals surface area contributed by atoms with Crippen molar-refractivity contribution in [2.45, 2.75) is 12.3 Å². The first kappa shape index (κ1) is 5.12. The summed E-state index contributed by atoms with van der Waals surface area (Å²) in [4.78, 5) is 3.95. The smallest absolute Gasteiger partial charge is 0.0899 e. The SMILES string of the molecule is CC1NCN=CS1. The Bertz CT molecular complexity index is 81.8. The van der Waals surface area contributed by atoms with E-state index in [9.17, 15) is 0 Å². The molecule has 1 heterocycles. The molecular weight excluding hydrogens is 108 g/mol. The van der Waals surface area contributed by atoms with Crippen LogP contribution in [0.5, 0.6) is 0 Å². The molecule has 0 aromatic heterocycles. The molecule has 0 aromatic rings. The quantitative estimate of drug-likeness (QED) is 0.502. The fourth-order valence-corrected chi connectivity index (χ4v) is 0.915. The molecule has 1 rings (SSSR count). The second kappa shape index (κ2) is 2.33. The van der Waals surface area contributed by atoms with Crippen LogP contribution in [0.25, 0.3) is 0 Å². The fraction of sp³-hybridized carbons (Fsp3) is 0.750. The van der Waals surface area contributed by atoms with Gasteiger partial charge >= 0.3 is 0 Å². The van der Waals surface area contributed by atoms with E-state index in [0.717, 1.165) is 6.67 Å². The van der Waals surface area contributed by atoms with E-state index in [1.165, 1.54) is 0 Å². The summed E-state index contributed by atoms with van der Waals surface area (Å²) in [6, 6.07) is 0. The van der Waals surface area contributed by atoms with Crippen molar-refractivity contribution in [3.05, 3.63) is 0 Å². The summed E-state index contributed by atoms with van der Waals surface area (Å²) in [6.45, 7) is 2.91. The third-order valence-electron chi connectivity index (χ3n) is 0.810. The van der Waals surface area contributed by atoms with Crippen molar-refractivity contribution in [2.24, 2.45) is 4.99 Å². The highest BCUT2D eigenvalue weighted by molar-refractivity contribution is 8.12. The minimum Gasteiger partial charge on any atom is -0.286 e. The lowest BCUT2D eigenvalue weighted by atomic mass is 10.7. The minimum atomic E-state index is 0.553. The van der Waals surface area contributed by atoms with Crippen LogP contribution in [-0.4, -0.2) is 17.6 Å². The molecule has 40 valence electrons. The Kier molecular flexibility index (Phi) is 1.70. The first-order chi connectivity index (χ1) is 3.39. The number of hydrogen-bond donors (Lipinski definition) is 1. The van der Waals surface area contributed by atoms with Crippen LogP contribution in [0.2, 0.25) is 0 Å². The van der Waals surface area contributed by atoms with E-state index in [1.807, 2.05) is 5.55 Å². The van der Waals surface area contributed by atoms with Gasteiger partial charge in [0.2, 0.25) is 0 Å². The van der Waals surface area contributed by atoms with Gasteiger partial charge in [-0.3, -0.25) is 10.3 Å². The predicted molar refractivity (Wildman–Crippen MR) is 33.5 cm³/mol. The van der Waals surface area contributed by atoms with E-state index >= 15 is 0 Å². The number of aliphatic imine (C=N–C) groups is 1. The summed E-state index contributed by atoms with van der Waals surface area (Å²) in [5.41, 5.74) is 1.89. The number of nitrogens with zero attached hydrogens (tertiary/aromatic N) is 1. The van der Waals surface area contributed by atoms with Crippen molar-refractivity contribution in [3.8, 4) is 0 Å². The van der Waals surface area contributed by atoms with Crippen molar-refractivity contribution in [1.29, 1.82) is 0 Å². The molecule has 0 spiro atoms. The zero-order chi connectivity index (χ0) is 5.11. The van der Waals surface area contributed by atoms with Crippen molar-refractivity contribution < 1.29 is 0 Å². The minimum absolute atomic E-state index is 0.553. The Morgan fingerprint density at radius 2 is 2.86 bits per heavy atom. The van der Waals surface area contributed by atoms with Gasteiger partial charge in [-0.2, -0.15) is 0 Å². The first-order valence-corrected chi connectivity index (χ1v) is 3.21. The molecular formula is C4H8N2S. The van der Waals surface area contributed by atoms with Crippen molar-refractivity contribution >= 4 is 17.3 Å². The lowest BCUT2D eigenvalue weighted by Gasteiger charge is -2.11. The predicted octanol–water partition coefficient (Wildman–Crippen LogP) is 0.655. The highest BCUT2D eigenvalue weighted by Gasteiger charge is 1.99. The third-order valence-corrected chi connectivity index (χ3v) is 1.66. The highest BCUT2D eigenvalue weighted by Crippen LogP contribution is 2.05. The van der Waals surface area contributed by atoms with Crippen LogP contribution >= 0.6 is 11.8 Å². The Morgan fingerprint density at radius 1 is 2.00 bits per heavy atom. The second-order valence-corrected chi connectivity index (χ2v) is 2.62. The van der Waals surface area contributed by atoms with Gasteiger partial charge in [0.1, 0.15) is 0 Å². The average molecular weight is 116 g/mol. The largest absolute Gasteiger partial charge is 0.286 e. The molecule has 0 radical (unpaired) electrons. The molecule has 0 saturated heterocycles. The molecule has 0 saturated carbocycles. The van der Waals surface area contributed by atoms with Gasteiger partial charge < -0.3 is 0 Å². The van der Waals surface area contributed by atoms with Crippen LogP contribution in [0.4, 0.5) is 0 Å². The molecule has 1 atom stereocenters. The molecule has 0 fully saturated rings. The zero-order valence-corrected chi connectivity index (χ0v) is 5.03. The lowest BCUT2D eigenvalue weighted by Crippen LogP contribution is -2.25. The topological polar surface area (TPSA) is 24.4 Å². The molecule has 0 bridgehead atoms. The maximum absolute atomic E-state index is 3.95. The number of nitrogens with one attached hydrogen (secondary N) is 1. The van der Waals surface area contributed by atoms with E-state index in [1.54, 1.807) is 11.8 Å². The number of hydrogen-bond acceptors (Lipinski definition) is 3. The van der Waals surface area contributed by atoms with Gasteiger partial charge in [0.15, 0.2) is 0 Å². The van der Waals surface area contributed by atoms with Crippen LogP contribution in [-0.2, 0) is 0 Å². The number of thioether (sulfide) groups is 1. The average Bonchev–Trinajstić information content (AvgIpc) is 1.69. The van der Waals surface area contributed by atoms with E-state index in [0.29, 0.717) is 5.37 Å². The van der Waals surface area contributed by atoms with Crippen LogP contribution in [0.1, 0.15) is 6.92 Å². The van der Waals surface area contributed by atoms with Crippen molar-refractivity contribution in [3.63, 3.8) is 0 Å². The van der Waals surface area contributed by atoms with Crippen LogP contribution in [0.3, 0.4) is 0 Å². The summed E-state index contributed by atoms with van der Waals surface area (Å²) in [5.74, 6) is 0. The molecule has 1 aliphatic rings. The van der Waals surface area contributed by atoms with Gasteiger partial charge in [-0.1, -0.05) is 11.8 Å². The van der Waals surface area contributed by atoms with E-state index in [4.69, 9.17) is 0 Å². The summed E-state index contributed by atoms with van der Waals surface area (Å²) >= 11 is 1.72.